The molecular weight excluding hydrogens is 394 g/mol. The van der Waals surface area contributed by atoms with Crippen molar-refractivity contribution in [3.8, 4) is 0 Å². The van der Waals surface area contributed by atoms with Crippen LogP contribution in [0.3, 0.4) is 0 Å². The molecule has 0 bridgehead atoms. The lowest BCUT2D eigenvalue weighted by Gasteiger charge is -2.23. The van der Waals surface area contributed by atoms with Gasteiger partial charge in [0, 0.05) is 11.4 Å². The molecule has 31 heavy (non-hydrogen) atoms. The third kappa shape index (κ3) is 6.84. The summed E-state index contributed by atoms with van der Waals surface area (Å²) in [4.78, 5) is 37.6. The van der Waals surface area contributed by atoms with Gasteiger partial charge in [-0.3, -0.25) is 4.79 Å². The Kier molecular flexibility index (Phi) is 8.19. The number of esters is 1. The normalized spacial score (nSPS) is 12.6. The number of carbonyl (C=O) groups excluding carboxylic acids is 3. The summed E-state index contributed by atoms with van der Waals surface area (Å²) < 4.78 is 5.37. The highest BCUT2D eigenvalue weighted by Gasteiger charge is 2.29. The summed E-state index contributed by atoms with van der Waals surface area (Å²) in [6.07, 6.45) is -1.02. The van der Waals surface area contributed by atoms with Gasteiger partial charge >= 0.3 is 12.0 Å². The van der Waals surface area contributed by atoms with Crippen molar-refractivity contribution in [1.29, 1.82) is 0 Å². The molecule has 0 unspecified atom stereocenters. The van der Waals surface area contributed by atoms with Crippen molar-refractivity contribution < 1.29 is 19.1 Å². The number of ether oxygens (including phenoxy) is 1. The molecule has 2 atom stereocenters. The van der Waals surface area contributed by atoms with E-state index in [9.17, 15) is 14.4 Å². The van der Waals surface area contributed by atoms with E-state index in [1.807, 2.05) is 39.0 Å². The van der Waals surface area contributed by atoms with Gasteiger partial charge in [-0.25, -0.2) is 9.59 Å². The van der Waals surface area contributed by atoms with Gasteiger partial charge in [0.05, 0.1) is 0 Å². The van der Waals surface area contributed by atoms with Crippen LogP contribution in [-0.2, 0) is 14.3 Å². The van der Waals surface area contributed by atoms with Crippen LogP contribution in [0.25, 0.3) is 0 Å². The molecule has 3 N–H and O–H groups in total. The molecule has 2 aromatic rings. The van der Waals surface area contributed by atoms with Crippen LogP contribution < -0.4 is 16.0 Å². The summed E-state index contributed by atoms with van der Waals surface area (Å²) in [5, 5.41) is 8.13. The highest BCUT2D eigenvalue weighted by atomic mass is 16.5. The molecule has 2 aromatic carbocycles. The van der Waals surface area contributed by atoms with Crippen LogP contribution in [0.5, 0.6) is 0 Å². The Morgan fingerprint density at radius 3 is 2.00 bits per heavy atom. The summed E-state index contributed by atoms with van der Waals surface area (Å²) in [5.74, 6) is -1.33. The first-order valence-electron chi connectivity index (χ1n) is 10.3. The molecular formula is C24H31N3O4. The average Bonchev–Trinajstić information content (AvgIpc) is 2.69. The Bertz CT molecular complexity index is 918. The van der Waals surface area contributed by atoms with Crippen LogP contribution >= 0.6 is 0 Å². The van der Waals surface area contributed by atoms with Crippen molar-refractivity contribution in [3.05, 3.63) is 59.2 Å². The first-order valence-corrected chi connectivity index (χ1v) is 10.3. The van der Waals surface area contributed by atoms with E-state index in [2.05, 4.69) is 16.0 Å². The topological polar surface area (TPSA) is 96.5 Å². The second-order valence-corrected chi connectivity index (χ2v) is 8.03. The molecule has 3 amide bonds. The monoisotopic (exact) mass is 425 g/mol. The van der Waals surface area contributed by atoms with Gasteiger partial charge in [0.2, 0.25) is 0 Å². The third-order valence-electron chi connectivity index (χ3n) is 4.83. The first kappa shape index (κ1) is 23.9. The highest BCUT2D eigenvalue weighted by molar-refractivity contribution is 5.97. The Morgan fingerprint density at radius 2 is 1.45 bits per heavy atom. The summed E-state index contributed by atoms with van der Waals surface area (Å²) in [6.45, 7) is 10.9. The SMILES string of the molecule is Cc1cc(C)c(NC(=O)[C@H](C)OC(=O)[C@@H](NC(=O)Nc2ccccc2)C(C)C)c(C)c1. The minimum absolute atomic E-state index is 0.231. The fourth-order valence-electron chi connectivity index (χ4n) is 3.23. The summed E-state index contributed by atoms with van der Waals surface area (Å²) in [6, 6.07) is 11.4. The van der Waals surface area contributed by atoms with Crippen molar-refractivity contribution in [2.45, 2.75) is 53.7 Å². The lowest BCUT2D eigenvalue weighted by atomic mass is 10.0. The van der Waals surface area contributed by atoms with E-state index >= 15 is 0 Å². The lowest BCUT2D eigenvalue weighted by Crippen LogP contribution is -2.48. The Labute approximate surface area is 183 Å². The quantitative estimate of drug-likeness (QED) is 0.575. The first-order chi connectivity index (χ1) is 14.6. The molecule has 0 aliphatic carbocycles. The number of urea groups is 1. The number of hydrogen-bond acceptors (Lipinski definition) is 4. The number of anilines is 2. The minimum Gasteiger partial charge on any atom is -0.451 e. The lowest BCUT2D eigenvalue weighted by molar-refractivity contribution is -0.156. The van der Waals surface area contributed by atoms with Crippen LogP contribution in [-0.4, -0.2) is 30.1 Å². The van der Waals surface area contributed by atoms with Gasteiger partial charge in [-0.05, 0) is 56.9 Å². The largest absolute Gasteiger partial charge is 0.451 e. The van der Waals surface area contributed by atoms with E-state index < -0.39 is 30.1 Å². The standard InChI is InChI=1S/C24H31N3O4/c1-14(2)20(27-24(30)25-19-10-8-7-9-11-19)23(29)31-18(6)22(28)26-21-16(4)12-15(3)13-17(21)5/h7-14,18,20H,1-6H3,(H,26,28)(H2,25,27,30)/t18-,20-/m0/s1. The summed E-state index contributed by atoms with van der Waals surface area (Å²) in [5.41, 5.74) is 4.28. The van der Waals surface area contributed by atoms with Crippen LogP contribution in [0.2, 0.25) is 0 Å². The second kappa shape index (κ2) is 10.6. The number of hydrogen-bond donors (Lipinski definition) is 3. The molecule has 0 saturated carbocycles. The van der Waals surface area contributed by atoms with Gasteiger partial charge in [-0.1, -0.05) is 49.7 Å². The predicted molar refractivity (Wildman–Crippen MR) is 122 cm³/mol. The molecule has 0 heterocycles. The molecule has 0 aromatic heterocycles. The van der Waals surface area contributed by atoms with Gasteiger partial charge < -0.3 is 20.7 Å². The predicted octanol–water partition coefficient (Wildman–Crippen LogP) is 4.33. The molecule has 7 nitrogen and oxygen atoms in total. The maximum Gasteiger partial charge on any atom is 0.329 e. The molecule has 166 valence electrons. The van der Waals surface area contributed by atoms with Crippen molar-refractivity contribution in [3.63, 3.8) is 0 Å². The number of nitrogens with one attached hydrogen (secondary N) is 3. The molecule has 0 aliphatic heterocycles. The van der Waals surface area contributed by atoms with E-state index in [0.29, 0.717) is 11.4 Å². The van der Waals surface area contributed by atoms with Crippen molar-refractivity contribution in [2.24, 2.45) is 5.92 Å². The zero-order valence-electron chi connectivity index (χ0n) is 18.9. The molecule has 0 saturated heterocycles. The molecule has 0 aliphatic rings. The Balaban J connectivity index is 1.99. The molecule has 0 spiro atoms. The number of amides is 3. The average molecular weight is 426 g/mol. The van der Waals surface area contributed by atoms with E-state index in [-0.39, 0.29) is 5.92 Å². The van der Waals surface area contributed by atoms with Gasteiger partial charge in [0.1, 0.15) is 6.04 Å². The number of carbonyl (C=O) groups is 3. The van der Waals surface area contributed by atoms with E-state index in [1.165, 1.54) is 6.92 Å². The number of para-hydroxylation sites is 1. The van der Waals surface area contributed by atoms with Crippen LogP contribution in [0, 0.1) is 26.7 Å². The number of rotatable bonds is 7. The van der Waals surface area contributed by atoms with Crippen molar-refractivity contribution in [2.75, 3.05) is 10.6 Å². The second-order valence-electron chi connectivity index (χ2n) is 8.03. The maximum absolute atomic E-state index is 12.7. The van der Waals surface area contributed by atoms with E-state index in [0.717, 1.165) is 16.7 Å². The van der Waals surface area contributed by atoms with Gasteiger partial charge in [-0.15, -0.1) is 0 Å². The minimum atomic E-state index is -1.02. The number of benzene rings is 2. The van der Waals surface area contributed by atoms with Gasteiger partial charge in [0.15, 0.2) is 6.10 Å². The van der Waals surface area contributed by atoms with Crippen LogP contribution in [0.15, 0.2) is 42.5 Å². The third-order valence-corrected chi connectivity index (χ3v) is 4.83. The van der Waals surface area contributed by atoms with Crippen molar-refractivity contribution >= 4 is 29.3 Å². The van der Waals surface area contributed by atoms with E-state index in [1.54, 1.807) is 38.1 Å². The smallest absolute Gasteiger partial charge is 0.329 e. The maximum atomic E-state index is 12.7. The van der Waals surface area contributed by atoms with E-state index in [4.69, 9.17) is 4.74 Å². The molecule has 0 fully saturated rings. The zero-order chi connectivity index (χ0) is 23.1. The molecule has 2 rings (SSSR count). The number of aryl methyl sites for hydroxylation is 3. The van der Waals surface area contributed by atoms with Gasteiger partial charge in [0.25, 0.3) is 5.91 Å². The summed E-state index contributed by atoms with van der Waals surface area (Å²) in [7, 11) is 0. The Hall–Kier alpha value is -3.35. The van der Waals surface area contributed by atoms with Crippen LogP contribution in [0.4, 0.5) is 16.2 Å². The Morgan fingerprint density at radius 1 is 0.871 bits per heavy atom. The highest BCUT2D eigenvalue weighted by Crippen LogP contribution is 2.22. The van der Waals surface area contributed by atoms with Gasteiger partial charge in [-0.2, -0.15) is 0 Å². The van der Waals surface area contributed by atoms with Crippen molar-refractivity contribution in [1.82, 2.24) is 5.32 Å². The molecule has 7 heteroatoms. The van der Waals surface area contributed by atoms with Crippen LogP contribution in [0.1, 0.15) is 37.5 Å². The fraction of sp³-hybridized carbons (Fsp3) is 0.375. The zero-order valence-corrected chi connectivity index (χ0v) is 18.9. The molecule has 0 radical (unpaired) electrons. The summed E-state index contributed by atoms with van der Waals surface area (Å²) >= 11 is 0. The fourth-order valence-corrected chi connectivity index (χ4v) is 3.23.